The fourth-order valence-electron chi connectivity index (χ4n) is 3.14. The van der Waals surface area contributed by atoms with Gasteiger partial charge in [0.2, 0.25) is 0 Å². The van der Waals surface area contributed by atoms with Crippen molar-refractivity contribution in [3.05, 3.63) is 71.4 Å². The molecule has 0 saturated carbocycles. The number of para-hydroxylation sites is 1. The average Bonchev–Trinajstić information content (AvgIpc) is 2.98. The quantitative estimate of drug-likeness (QED) is 0.732. The monoisotopic (exact) mass is 306 g/mol. The van der Waals surface area contributed by atoms with Gasteiger partial charge in [-0.3, -0.25) is 10.1 Å². The Labute approximate surface area is 134 Å². The van der Waals surface area contributed by atoms with Crippen molar-refractivity contribution < 1.29 is 9.53 Å². The van der Waals surface area contributed by atoms with E-state index in [1.807, 2.05) is 42.5 Å². The van der Waals surface area contributed by atoms with Crippen molar-refractivity contribution >= 4 is 16.9 Å². The predicted molar refractivity (Wildman–Crippen MR) is 88.9 cm³/mol. The molecule has 0 spiro atoms. The molecule has 4 heteroatoms. The molecule has 1 aliphatic rings. The molecule has 0 unspecified atom stereocenters. The second kappa shape index (κ2) is 5.89. The maximum absolute atomic E-state index is 12.3. The maximum atomic E-state index is 12.3. The van der Waals surface area contributed by atoms with Gasteiger partial charge in [0.15, 0.2) is 0 Å². The summed E-state index contributed by atoms with van der Waals surface area (Å²) in [5, 5.41) is 4.47. The van der Waals surface area contributed by atoms with Gasteiger partial charge in [-0.1, -0.05) is 48.5 Å². The van der Waals surface area contributed by atoms with Crippen LogP contribution in [0.15, 0.2) is 54.6 Å². The van der Waals surface area contributed by atoms with Crippen molar-refractivity contribution in [2.45, 2.75) is 25.6 Å². The molecule has 2 N–H and O–H groups in total. The fourth-order valence-corrected chi connectivity index (χ4v) is 3.14. The Hall–Kier alpha value is -2.59. The van der Waals surface area contributed by atoms with Crippen molar-refractivity contribution in [1.82, 2.24) is 10.3 Å². The normalized spacial score (nSPS) is 17.0. The van der Waals surface area contributed by atoms with Gasteiger partial charge in [0.1, 0.15) is 12.6 Å². The summed E-state index contributed by atoms with van der Waals surface area (Å²) in [5.74, 6) is -0.190. The van der Waals surface area contributed by atoms with Gasteiger partial charge in [-0.25, -0.2) is 0 Å². The summed E-state index contributed by atoms with van der Waals surface area (Å²) in [4.78, 5) is 15.8. The molecule has 0 radical (unpaired) electrons. The van der Waals surface area contributed by atoms with Crippen LogP contribution in [0.3, 0.4) is 0 Å². The van der Waals surface area contributed by atoms with Crippen molar-refractivity contribution in [2.75, 3.05) is 0 Å². The molecule has 0 amide bonds. The SMILES string of the molecule is O=C(OCc1ccccc1)[C@H]1Cc2c([nH]c3ccccc23)CN1. The first kappa shape index (κ1) is 14.0. The molecule has 0 fully saturated rings. The molecular formula is C19H18N2O2. The minimum Gasteiger partial charge on any atom is -0.460 e. The lowest BCUT2D eigenvalue weighted by molar-refractivity contribution is -0.147. The molecule has 2 heterocycles. The number of nitrogens with one attached hydrogen (secondary N) is 2. The molecule has 3 aromatic rings. The topological polar surface area (TPSA) is 54.1 Å². The number of rotatable bonds is 3. The molecule has 4 rings (SSSR count). The highest BCUT2D eigenvalue weighted by Crippen LogP contribution is 2.26. The standard InChI is InChI=1S/C19H18N2O2/c22-19(23-12-13-6-2-1-3-7-13)17-10-15-14-8-4-5-9-16(14)21-18(15)11-20-17/h1-9,17,20-21H,10-12H2/t17-/m1/s1. The van der Waals surface area contributed by atoms with Gasteiger partial charge in [-0.05, 0) is 17.2 Å². The van der Waals surface area contributed by atoms with E-state index in [1.165, 1.54) is 16.6 Å². The van der Waals surface area contributed by atoms with Gasteiger partial charge in [-0.2, -0.15) is 0 Å². The van der Waals surface area contributed by atoms with Crippen LogP contribution in [0, 0.1) is 0 Å². The first-order valence-corrected chi connectivity index (χ1v) is 7.83. The molecule has 1 atom stereocenters. The van der Waals surface area contributed by atoms with Crippen LogP contribution in [0.1, 0.15) is 16.8 Å². The molecular weight excluding hydrogens is 288 g/mol. The van der Waals surface area contributed by atoms with Crippen LogP contribution in [0.2, 0.25) is 0 Å². The minimum atomic E-state index is -0.287. The number of aromatic nitrogens is 1. The molecule has 116 valence electrons. The van der Waals surface area contributed by atoms with E-state index in [1.54, 1.807) is 0 Å². The summed E-state index contributed by atoms with van der Waals surface area (Å²) >= 11 is 0. The lowest BCUT2D eigenvalue weighted by atomic mass is 9.98. The number of H-pyrrole nitrogens is 1. The van der Waals surface area contributed by atoms with Gasteiger partial charge in [0, 0.05) is 29.6 Å². The van der Waals surface area contributed by atoms with Crippen molar-refractivity contribution in [1.29, 1.82) is 0 Å². The van der Waals surface area contributed by atoms with Crippen molar-refractivity contribution in [3.8, 4) is 0 Å². The third-order valence-corrected chi connectivity index (χ3v) is 4.34. The summed E-state index contributed by atoms with van der Waals surface area (Å²) in [6.45, 7) is 0.980. The summed E-state index contributed by atoms with van der Waals surface area (Å²) in [6.07, 6.45) is 0.660. The van der Waals surface area contributed by atoms with Gasteiger partial charge in [0.05, 0.1) is 0 Å². The van der Waals surface area contributed by atoms with E-state index in [0.717, 1.165) is 11.1 Å². The Morgan fingerprint density at radius 3 is 2.74 bits per heavy atom. The van der Waals surface area contributed by atoms with E-state index < -0.39 is 0 Å². The number of fused-ring (bicyclic) bond motifs is 3. The molecule has 23 heavy (non-hydrogen) atoms. The highest BCUT2D eigenvalue weighted by Gasteiger charge is 2.27. The van der Waals surface area contributed by atoms with Crippen LogP contribution in [-0.4, -0.2) is 17.0 Å². The Kier molecular flexibility index (Phi) is 3.60. The maximum Gasteiger partial charge on any atom is 0.323 e. The van der Waals surface area contributed by atoms with Crippen LogP contribution < -0.4 is 5.32 Å². The number of ether oxygens (including phenoxy) is 1. The minimum absolute atomic E-state index is 0.190. The molecule has 2 aromatic carbocycles. The van der Waals surface area contributed by atoms with E-state index >= 15 is 0 Å². The lowest BCUT2D eigenvalue weighted by Gasteiger charge is -2.22. The number of hydrogen-bond donors (Lipinski definition) is 2. The number of carbonyl (C=O) groups excluding carboxylic acids is 1. The number of hydrogen-bond acceptors (Lipinski definition) is 3. The molecule has 0 aliphatic carbocycles. The number of esters is 1. The second-order valence-corrected chi connectivity index (χ2v) is 5.86. The van der Waals surface area contributed by atoms with Crippen LogP contribution in [-0.2, 0) is 29.1 Å². The summed E-state index contributed by atoms with van der Waals surface area (Å²) in [5.41, 5.74) is 4.52. The van der Waals surface area contributed by atoms with E-state index in [9.17, 15) is 4.79 Å². The number of aromatic amines is 1. The zero-order valence-electron chi connectivity index (χ0n) is 12.7. The van der Waals surface area contributed by atoms with Crippen LogP contribution in [0.5, 0.6) is 0 Å². The van der Waals surface area contributed by atoms with E-state index in [-0.39, 0.29) is 12.0 Å². The Morgan fingerprint density at radius 2 is 1.87 bits per heavy atom. The summed E-state index contributed by atoms with van der Waals surface area (Å²) < 4.78 is 5.46. The van der Waals surface area contributed by atoms with E-state index in [2.05, 4.69) is 22.4 Å². The largest absolute Gasteiger partial charge is 0.460 e. The van der Waals surface area contributed by atoms with E-state index in [0.29, 0.717) is 19.6 Å². The van der Waals surface area contributed by atoms with Crippen LogP contribution in [0.4, 0.5) is 0 Å². The molecule has 4 nitrogen and oxygen atoms in total. The number of benzene rings is 2. The van der Waals surface area contributed by atoms with Gasteiger partial charge < -0.3 is 9.72 Å². The van der Waals surface area contributed by atoms with Crippen LogP contribution in [0.25, 0.3) is 10.9 Å². The summed E-state index contributed by atoms with van der Waals surface area (Å²) in [7, 11) is 0. The fraction of sp³-hybridized carbons (Fsp3) is 0.211. The van der Waals surface area contributed by atoms with Gasteiger partial charge >= 0.3 is 5.97 Å². The van der Waals surface area contributed by atoms with Crippen molar-refractivity contribution in [3.63, 3.8) is 0 Å². The second-order valence-electron chi connectivity index (χ2n) is 5.86. The Bertz CT molecular complexity index is 839. The first-order valence-electron chi connectivity index (χ1n) is 7.83. The first-order chi connectivity index (χ1) is 11.3. The molecule has 1 aromatic heterocycles. The summed E-state index contributed by atoms with van der Waals surface area (Å²) in [6, 6.07) is 17.7. The Morgan fingerprint density at radius 1 is 1.09 bits per heavy atom. The smallest absolute Gasteiger partial charge is 0.323 e. The van der Waals surface area contributed by atoms with Gasteiger partial charge in [-0.15, -0.1) is 0 Å². The third kappa shape index (κ3) is 2.73. The average molecular weight is 306 g/mol. The highest BCUT2D eigenvalue weighted by molar-refractivity contribution is 5.86. The predicted octanol–water partition coefficient (Wildman–Crippen LogP) is 2.93. The number of carbonyl (C=O) groups is 1. The highest BCUT2D eigenvalue weighted by atomic mass is 16.5. The Balaban J connectivity index is 1.48. The lowest BCUT2D eigenvalue weighted by Crippen LogP contribution is -2.42. The van der Waals surface area contributed by atoms with Gasteiger partial charge in [0.25, 0.3) is 0 Å². The zero-order chi connectivity index (χ0) is 15.6. The zero-order valence-corrected chi connectivity index (χ0v) is 12.7. The van der Waals surface area contributed by atoms with E-state index in [4.69, 9.17) is 4.74 Å². The molecule has 0 saturated heterocycles. The van der Waals surface area contributed by atoms with Crippen LogP contribution >= 0.6 is 0 Å². The third-order valence-electron chi connectivity index (χ3n) is 4.34. The molecule has 1 aliphatic heterocycles. The molecule has 0 bridgehead atoms. The van der Waals surface area contributed by atoms with Crippen molar-refractivity contribution in [2.24, 2.45) is 0 Å².